The number of hydrogen-bond donors (Lipinski definition) is 2. The van der Waals surface area contributed by atoms with Gasteiger partial charge in [0.25, 0.3) is 5.91 Å². The van der Waals surface area contributed by atoms with Crippen molar-refractivity contribution in [2.75, 3.05) is 27.2 Å². The predicted molar refractivity (Wildman–Crippen MR) is 128 cm³/mol. The minimum absolute atomic E-state index is 0.00246. The molecule has 1 heterocycles. The second-order valence-corrected chi connectivity index (χ2v) is 8.28. The number of aromatic nitrogens is 1. The van der Waals surface area contributed by atoms with Gasteiger partial charge >= 0.3 is 0 Å². The summed E-state index contributed by atoms with van der Waals surface area (Å²) in [7, 11) is 3.70. The van der Waals surface area contributed by atoms with Crippen LogP contribution in [0.4, 0.5) is 0 Å². The molecule has 0 fully saturated rings. The average Bonchev–Trinajstić information content (AvgIpc) is 3.24. The predicted octanol–water partition coefficient (Wildman–Crippen LogP) is 3.98. The highest BCUT2D eigenvalue weighted by atomic mass is 32.1. The number of ether oxygens (including phenoxy) is 1. The molecule has 1 aromatic carbocycles. The summed E-state index contributed by atoms with van der Waals surface area (Å²) in [6.45, 7) is 8.85. The van der Waals surface area contributed by atoms with Crippen molar-refractivity contribution in [3.8, 4) is 0 Å². The molecule has 0 bridgehead atoms. The Balaban J connectivity index is 1.98. The third-order valence-electron chi connectivity index (χ3n) is 4.81. The minimum Gasteiger partial charge on any atom is -0.375 e. The van der Waals surface area contributed by atoms with Crippen LogP contribution in [0.3, 0.4) is 0 Å². The van der Waals surface area contributed by atoms with E-state index in [9.17, 15) is 4.79 Å². The second-order valence-electron chi connectivity index (χ2n) is 7.39. The van der Waals surface area contributed by atoms with Crippen LogP contribution in [0.15, 0.2) is 34.6 Å². The van der Waals surface area contributed by atoms with Gasteiger partial charge in [0.05, 0.1) is 18.8 Å². The van der Waals surface area contributed by atoms with Gasteiger partial charge in [-0.3, -0.25) is 4.79 Å². The fourth-order valence-electron chi connectivity index (χ4n) is 2.88. The van der Waals surface area contributed by atoms with Crippen molar-refractivity contribution in [2.45, 2.75) is 52.8 Å². The number of nitrogens with one attached hydrogen (secondary N) is 2. The number of thiazole rings is 1. The molecule has 2 rings (SSSR count). The SMILES string of the molecule is CCCCNC(=O)c1ccc(CN=C(NCC)N(C)Cc2csc(C(C)OC)n2)cc1. The van der Waals surface area contributed by atoms with Gasteiger partial charge in [0.15, 0.2) is 5.96 Å². The third kappa shape index (κ3) is 7.95. The number of nitrogens with zero attached hydrogens (tertiary/aromatic N) is 3. The molecule has 1 aromatic heterocycles. The molecule has 2 aromatic rings. The van der Waals surface area contributed by atoms with E-state index >= 15 is 0 Å². The molecule has 170 valence electrons. The normalized spacial score (nSPS) is 12.5. The van der Waals surface area contributed by atoms with E-state index in [4.69, 9.17) is 9.73 Å². The Hall–Kier alpha value is -2.45. The maximum atomic E-state index is 12.1. The first-order chi connectivity index (χ1) is 15.0. The smallest absolute Gasteiger partial charge is 0.251 e. The van der Waals surface area contributed by atoms with E-state index < -0.39 is 0 Å². The summed E-state index contributed by atoms with van der Waals surface area (Å²) >= 11 is 1.61. The molecule has 31 heavy (non-hydrogen) atoms. The number of aliphatic imine (C=N–C) groups is 1. The molecule has 0 radical (unpaired) electrons. The summed E-state index contributed by atoms with van der Waals surface area (Å²) in [6.07, 6.45) is 2.06. The van der Waals surface area contributed by atoms with Crippen LogP contribution in [0.25, 0.3) is 0 Å². The van der Waals surface area contributed by atoms with Crippen LogP contribution < -0.4 is 10.6 Å². The third-order valence-corrected chi connectivity index (χ3v) is 5.86. The Labute approximate surface area is 189 Å². The van der Waals surface area contributed by atoms with Gasteiger partial charge in [-0.1, -0.05) is 25.5 Å². The zero-order valence-corrected chi connectivity index (χ0v) is 20.1. The van der Waals surface area contributed by atoms with Crippen LogP contribution in [0.1, 0.15) is 66.3 Å². The number of hydrogen-bond acceptors (Lipinski definition) is 5. The monoisotopic (exact) mass is 445 g/mol. The van der Waals surface area contributed by atoms with Gasteiger partial charge in [-0.2, -0.15) is 0 Å². The number of benzene rings is 1. The fourth-order valence-corrected chi connectivity index (χ4v) is 3.72. The molecule has 0 saturated carbocycles. The first-order valence-corrected chi connectivity index (χ1v) is 11.7. The first kappa shape index (κ1) is 24.8. The molecule has 0 aliphatic heterocycles. The zero-order valence-electron chi connectivity index (χ0n) is 19.3. The van der Waals surface area contributed by atoms with Crippen LogP contribution in [0, 0.1) is 0 Å². The molecule has 1 unspecified atom stereocenters. The highest BCUT2D eigenvalue weighted by Crippen LogP contribution is 2.21. The van der Waals surface area contributed by atoms with Crippen molar-refractivity contribution in [2.24, 2.45) is 4.99 Å². The second kappa shape index (κ2) is 13.1. The van der Waals surface area contributed by atoms with Crippen molar-refractivity contribution in [1.82, 2.24) is 20.5 Å². The highest BCUT2D eigenvalue weighted by Gasteiger charge is 2.13. The lowest BCUT2D eigenvalue weighted by Crippen LogP contribution is -2.38. The Morgan fingerprint density at radius 3 is 2.65 bits per heavy atom. The highest BCUT2D eigenvalue weighted by molar-refractivity contribution is 7.09. The van der Waals surface area contributed by atoms with E-state index in [0.717, 1.165) is 41.6 Å². The molecular weight excluding hydrogens is 410 g/mol. The van der Waals surface area contributed by atoms with E-state index in [-0.39, 0.29) is 12.0 Å². The summed E-state index contributed by atoms with van der Waals surface area (Å²) < 4.78 is 5.35. The number of amides is 1. The molecule has 7 nitrogen and oxygen atoms in total. The molecule has 0 spiro atoms. The van der Waals surface area contributed by atoms with Crippen molar-refractivity contribution < 1.29 is 9.53 Å². The van der Waals surface area contributed by atoms with E-state index in [1.165, 1.54) is 0 Å². The van der Waals surface area contributed by atoms with Crippen LogP contribution in [-0.2, 0) is 17.8 Å². The summed E-state index contributed by atoms with van der Waals surface area (Å²) in [6, 6.07) is 7.63. The Morgan fingerprint density at radius 2 is 2.00 bits per heavy atom. The standard InChI is InChI=1S/C23H35N5O2S/c1-6-8-13-25-21(29)19-11-9-18(10-12-19)14-26-23(24-7-2)28(4)15-20-16-31-22(27-20)17(3)30-5/h9-12,16-17H,6-8,13-15H2,1-5H3,(H,24,26)(H,25,29). The molecule has 0 aliphatic rings. The van der Waals surface area contributed by atoms with Crippen molar-refractivity contribution >= 4 is 23.2 Å². The number of methoxy groups -OCH3 is 1. The molecule has 1 amide bonds. The molecule has 2 N–H and O–H groups in total. The van der Waals surface area contributed by atoms with Crippen molar-refractivity contribution in [1.29, 1.82) is 0 Å². The molecular formula is C23H35N5O2S. The van der Waals surface area contributed by atoms with Gasteiger partial charge in [-0.05, 0) is 38.0 Å². The largest absolute Gasteiger partial charge is 0.375 e. The number of rotatable bonds is 11. The molecule has 0 saturated heterocycles. The summed E-state index contributed by atoms with van der Waals surface area (Å²) in [5.41, 5.74) is 2.73. The van der Waals surface area contributed by atoms with Crippen LogP contribution >= 0.6 is 11.3 Å². The zero-order chi connectivity index (χ0) is 22.6. The number of guanidine groups is 1. The number of carbonyl (C=O) groups is 1. The van der Waals surface area contributed by atoms with E-state index in [1.807, 2.05) is 38.2 Å². The van der Waals surface area contributed by atoms with Gasteiger partial charge in [0.2, 0.25) is 0 Å². The quantitative estimate of drug-likeness (QED) is 0.311. The van der Waals surface area contributed by atoms with E-state index in [2.05, 4.69) is 39.7 Å². The van der Waals surface area contributed by atoms with Gasteiger partial charge in [-0.15, -0.1) is 11.3 Å². The topological polar surface area (TPSA) is 78.9 Å². The lowest BCUT2D eigenvalue weighted by Gasteiger charge is -2.21. The van der Waals surface area contributed by atoms with Crippen LogP contribution in [0.5, 0.6) is 0 Å². The fraction of sp³-hybridized carbons (Fsp3) is 0.522. The first-order valence-electron chi connectivity index (χ1n) is 10.8. The number of unbranched alkanes of at least 4 members (excludes halogenated alkanes) is 1. The summed E-state index contributed by atoms with van der Waals surface area (Å²) in [5, 5.41) is 9.32. The molecule has 1 atom stereocenters. The molecule has 8 heteroatoms. The maximum absolute atomic E-state index is 12.1. The summed E-state index contributed by atoms with van der Waals surface area (Å²) in [5.74, 6) is 0.792. The van der Waals surface area contributed by atoms with Gasteiger partial charge in [0.1, 0.15) is 11.1 Å². The van der Waals surface area contributed by atoms with E-state index in [1.54, 1.807) is 18.4 Å². The van der Waals surface area contributed by atoms with Gasteiger partial charge in [0, 0.05) is 38.2 Å². The van der Waals surface area contributed by atoms with E-state index in [0.29, 0.717) is 25.2 Å². The molecule has 0 aliphatic carbocycles. The van der Waals surface area contributed by atoms with Crippen molar-refractivity contribution in [3.63, 3.8) is 0 Å². The minimum atomic E-state index is -0.0259. The Morgan fingerprint density at radius 1 is 1.26 bits per heavy atom. The van der Waals surface area contributed by atoms with Gasteiger partial charge < -0.3 is 20.3 Å². The lowest BCUT2D eigenvalue weighted by molar-refractivity contribution is 0.0953. The van der Waals surface area contributed by atoms with Gasteiger partial charge in [-0.25, -0.2) is 9.98 Å². The maximum Gasteiger partial charge on any atom is 0.251 e. The average molecular weight is 446 g/mol. The van der Waals surface area contributed by atoms with Crippen molar-refractivity contribution in [3.05, 3.63) is 51.5 Å². The Kier molecular flexibility index (Phi) is 10.5. The number of carbonyl (C=O) groups excluding carboxylic acids is 1. The summed E-state index contributed by atoms with van der Waals surface area (Å²) in [4.78, 5) is 23.6. The van der Waals surface area contributed by atoms with Crippen LogP contribution in [-0.4, -0.2) is 49.0 Å². The lowest BCUT2D eigenvalue weighted by atomic mass is 10.1. The Bertz CT molecular complexity index is 835. The van der Waals surface area contributed by atoms with Crippen LogP contribution in [0.2, 0.25) is 0 Å².